The third-order valence-electron chi connectivity index (χ3n) is 3.31. The Morgan fingerprint density at radius 3 is 2.26 bits per heavy atom. The van der Waals surface area contributed by atoms with E-state index in [2.05, 4.69) is 5.32 Å². The molecule has 1 amide bonds. The Hall–Kier alpha value is -1.14. The highest BCUT2D eigenvalue weighted by molar-refractivity contribution is 5.84. The molecule has 19 heavy (non-hydrogen) atoms. The fraction of sp³-hybridized carbons (Fsp3) is 0.846. The quantitative estimate of drug-likeness (QED) is 0.550. The summed E-state index contributed by atoms with van der Waals surface area (Å²) in [6.07, 6.45) is 0.889. The molecule has 0 rings (SSSR count). The summed E-state index contributed by atoms with van der Waals surface area (Å²) >= 11 is 0. The maximum atomic E-state index is 11.7. The van der Waals surface area contributed by atoms with Crippen LogP contribution in [0.5, 0.6) is 0 Å². The molecule has 0 spiro atoms. The van der Waals surface area contributed by atoms with E-state index in [-0.39, 0.29) is 12.3 Å². The minimum Gasteiger partial charge on any atom is -0.481 e. The smallest absolute Gasteiger partial charge is 0.310 e. The molecule has 0 aliphatic rings. The molecule has 2 N–H and O–H groups in total. The number of rotatable bonds is 11. The van der Waals surface area contributed by atoms with E-state index in [0.717, 1.165) is 0 Å². The normalized spacial score (nSPS) is 11.3. The molecule has 0 aromatic heterocycles. The van der Waals surface area contributed by atoms with Gasteiger partial charge in [-0.05, 0) is 12.8 Å². The summed E-state index contributed by atoms with van der Waals surface area (Å²) in [6, 6.07) is 0. The zero-order valence-corrected chi connectivity index (χ0v) is 12.0. The lowest BCUT2D eigenvalue weighted by molar-refractivity contribution is -0.152. The predicted molar refractivity (Wildman–Crippen MR) is 71.0 cm³/mol. The van der Waals surface area contributed by atoms with E-state index in [9.17, 15) is 14.7 Å². The van der Waals surface area contributed by atoms with Crippen LogP contribution in [0.2, 0.25) is 0 Å². The molecule has 0 radical (unpaired) electrons. The summed E-state index contributed by atoms with van der Waals surface area (Å²) in [5, 5.41) is 11.9. The first kappa shape index (κ1) is 17.9. The zero-order valence-electron chi connectivity index (χ0n) is 12.0. The van der Waals surface area contributed by atoms with Crippen molar-refractivity contribution in [1.82, 2.24) is 5.32 Å². The van der Waals surface area contributed by atoms with Gasteiger partial charge in [-0.15, -0.1) is 0 Å². The molecule has 0 aromatic carbocycles. The minimum absolute atomic E-state index is 0.00735. The van der Waals surface area contributed by atoms with E-state index in [1.165, 1.54) is 0 Å². The molecule has 0 heterocycles. The summed E-state index contributed by atoms with van der Waals surface area (Å²) in [5.41, 5.74) is -0.957. The van der Waals surface area contributed by atoms with Crippen LogP contribution in [0.1, 0.15) is 33.1 Å². The van der Waals surface area contributed by atoms with Crippen molar-refractivity contribution in [1.29, 1.82) is 0 Å². The number of ether oxygens (including phenoxy) is 2. The number of nitrogens with one attached hydrogen (secondary N) is 1. The Balaban J connectivity index is 3.98. The second-order valence-corrected chi connectivity index (χ2v) is 4.42. The zero-order chi connectivity index (χ0) is 14.7. The minimum atomic E-state index is -0.957. The van der Waals surface area contributed by atoms with Gasteiger partial charge in [0.2, 0.25) is 5.91 Å². The summed E-state index contributed by atoms with van der Waals surface area (Å²) in [6.45, 7) is 5.35. The fourth-order valence-electron chi connectivity index (χ4n) is 1.75. The van der Waals surface area contributed by atoms with Crippen LogP contribution in [0, 0.1) is 5.41 Å². The van der Waals surface area contributed by atoms with Crippen LogP contribution in [0.4, 0.5) is 0 Å². The summed E-state index contributed by atoms with van der Waals surface area (Å²) in [4.78, 5) is 23.0. The van der Waals surface area contributed by atoms with Crippen molar-refractivity contribution in [2.45, 2.75) is 33.1 Å². The average Bonchev–Trinajstić information content (AvgIpc) is 2.39. The summed E-state index contributed by atoms with van der Waals surface area (Å²) < 4.78 is 10.0. The van der Waals surface area contributed by atoms with E-state index in [4.69, 9.17) is 9.47 Å². The van der Waals surface area contributed by atoms with Gasteiger partial charge < -0.3 is 19.9 Å². The molecular weight excluding hydrogens is 250 g/mol. The second-order valence-electron chi connectivity index (χ2n) is 4.42. The van der Waals surface area contributed by atoms with E-state index < -0.39 is 11.4 Å². The molecule has 0 bridgehead atoms. The first-order chi connectivity index (χ1) is 9.02. The van der Waals surface area contributed by atoms with Crippen LogP contribution in [-0.4, -0.2) is 50.5 Å². The number of aliphatic carboxylic acids is 1. The molecule has 0 fully saturated rings. The number of hydrogen-bond donors (Lipinski definition) is 2. The Kier molecular flexibility index (Phi) is 9.16. The first-order valence-corrected chi connectivity index (χ1v) is 6.59. The molecule has 112 valence electrons. The Morgan fingerprint density at radius 2 is 1.79 bits per heavy atom. The number of carbonyl (C=O) groups is 2. The number of carbonyl (C=O) groups excluding carboxylic acids is 1. The van der Waals surface area contributed by atoms with Gasteiger partial charge in [-0.2, -0.15) is 0 Å². The van der Waals surface area contributed by atoms with Crippen LogP contribution in [0.3, 0.4) is 0 Å². The topological polar surface area (TPSA) is 84.9 Å². The van der Waals surface area contributed by atoms with Gasteiger partial charge in [-0.25, -0.2) is 0 Å². The summed E-state index contributed by atoms with van der Waals surface area (Å²) in [5.74, 6) is -1.16. The predicted octanol–water partition coefficient (Wildman–Crippen LogP) is 1.05. The Labute approximate surface area is 114 Å². The van der Waals surface area contributed by atoms with Crippen molar-refractivity contribution in [3.8, 4) is 0 Å². The molecule has 0 aliphatic heterocycles. The average molecular weight is 275 g/mol. The Bertz CT molecular complexity index is 276. The lowest BCUT2D eigenvalue weighted by atomic mass is 9.79. The van der Waals surface area contributed by atoms with E-state index in [0.29, 0.717) is 39.2 Å². The molecule has 0 aliphatic carbocycles. The maximum absolute atomic E-state index is 11.7. The highest BCUT2D eigenvalue weighted by Crippen LogP contribution is 2.30. The molecule has 0 saturated carbocycles. The SMILES string of the molecule is CCC(CC)(CC(=O)NCCOCCOC)C(=O)O. The third kappa shape index (κ3) is 6.54. The van der Waals surface area contributed by atoms with Gasteiger partial charge in [0.15, 0.2) is 0 Å². The van der Waals surface area contributed by atoms with Crippen LogP contribution < -0.4 is 5.32 Å². The van der Waals surface area contributed by atoms with Gasteiger partial charge in [0.1, 0.15) is 0 Å². The standard InChI is InChI=1S/C13H25NO5/c1-4-13(5-2,12(16)17)10-11(15)14-6-7-19-9-8-18-3/h4-10H2,1-3H3,(H,14,15)(H,16,17). The first-order valence-electron chi connectivity index (χ1n) is 6.59. The van der Waals surface area contributed by atoms with Gasteiger partial charge in [0.05, 0.1) is 25.2 Å². The van der Waals surface area contributed by atoms with Gasteiger partial charge in [0, 0.05) is 20.1 Å². The molecule has 6 heteroatoms. The van der Waals surface area contributed by atoms with Gasteiger partial charge >= 0.3 is 5.97 Å². The number of hydrogen-bond acceptors (Lipinski definition) is 4. The third-order valence-corrected chi connectivity index (χ3v) is 3.31. The number of carboxylic acids is 1. The maximum Gasteiger partial charge on any atom is 0.310 e. The lowest BCUT2D eigenvalue weighted by Crippen LogP contribution is -2.37. The highest BCUT2D eigenvalue weighted by Gasteiger charge is 2.36. The van der Waals surface area contributed by atoms with E-state index in [1.54, 1.807) is 21.0 Å². The van der Waals surface area contributed by atoms with Crippen molar-refractivity contribution in [2.24, 2.45) is 5.41 Å². The van der Waals surface area contributed by atoms with Crippen molar-refractivity contribution >= 4 is 11.9 Å². The number of carboxylic acid groups (broad SMARTS) is 1. The molecule has 6 nitrogen and oxygen atoms in total. The van der Waals surface area contributed by atoms with Gasteiger partial charge in [-0.3, -0.25) is 9.59 Å². The second kappa shape index (κ2) is 9.75. The van der Waals surface area contributed by atoms with Crippen LogP contribution >= 0.6 is 0 Å². The number of methoxy groups -OCH3 is 1. The molecule has 0 atom stereocenters. The van der Waals surface area contributed by atoms with Crippen LogP contribution in [0.25, 0.3) is 0 Å². The van der Waals surface area contributed by atoms with Crippen LogP contribution in [-0.2, 0) is 19.1 Å². The van der Waals surface area contributed by atoms with Crippen molar-refractivity contribution in [2.75, 3.05) is 33.5 Å². The van der Waals surface area contributed by atoms with Crippen molar-refractivity contribution in [3.63, 3.8) is 0 Å². The Morgan fingerprint density at radius 1 is 1.16 bits per heavy atom. The van der Waals surface area contributed by atoms with Crippen molar-refractivity contribution < 1.29 is 24.2 Å². The van der Waals surface area contributed by atoms with E-state index in [1.807, 2.05) is 0 Å². The molecular formula is C13H25NO5. The highest BCUT2D eigenvalue weighted by atomic mass is 16.5. The van der Waals surface area contributed by atoms with Crippen molar-refractivity contribution in [3.05, 3.63) is 0 Å². The summed E-state index contributed by atoms with van der Waals surface area (Å²) in [7, 11) is 1.59. The fourth-order valence-corrected chi connectivity index (χ4v) is 1.75. The number of amides is 1. The van der Waals surface area contributed by atoms with Gasteiger partial charge in [0.25, 0.3) is 0 Å². The lowest BCUT2D eigenvalue weighted by Gasteiger charge is -2.25. The largest absolute Gasteiger partial charge is 0.481 e. The monoisotopic (exact) mass is 275 g/mol. The molecule has 0 unspecified atom stereocenters. The van der Waals surface area contributed by atoms with E-state index >= 15 is 0 Å². The van der Waals surface area contributed by atoms with Crippen LogP contribution in [0.15, 0.2) is 0 Å². The molecule has 0 saturated heterocycles. The van der Waals surface area contributed by atoms with Gasteiger partial charge in [-0.1, -0.05) is 13.8 Å². The molecule has 0 aromatic rings.